The largest absolute Gasteiger partial charge is 0.395 e. The summed E-state index contributed by atoms with van der Waals surface area (Å²) < 4.78 is 25.2. The summed E-state index contributed by atoms with van der Waals surface area (Å²) in [6.07, 6.45) is 0. The first-order valence-corrected chi connectivity index (χ1v) is 6.43. The van der Waals surface area contributed by atoms with Crippen molar-refractivity contribution in [2.24, 2.45) is 0 Å². The first-order chi connectivity index (χ1) is 6.45. The standard InChI is InChI=1S/C7H12N2O3S2/c1-5-4-13-7(8-5)9-14(11,12)6(2)3-10/h4,6,10H,3H2,1-2H3,(H,8,9). The van der Waals surface area contributed by atoms with Crippen molar-refractivity contribution in [3.63, 3.8) is 0 Å². The SMILES string of the molecule is Cc1csc(NS(=O)(=O)C(C)CO)n1. The smallest absolute Gasteiger partial charge is 0.239 e. The molecule has 14 heavy (non-hydrogen) atoms. The van der Waals surface area contributed by atoms with Gasteiger partial charge in [0, 0.05) is 5.38 Å². The minimum absolute atomic E-state index is 0.336. The first kappa shape index (κ1) is 11.4. The van der Waals surface area contributed by atoms with Gasteiger partial charge in [0.25, 0.3) is 0 Å². The molecule has 5 nitrogen and oxygen atoms in total. The van der Waals surface area contributed by atoms with Gasteiger partial charge in [-0.1, -0.05) is 0 Å². The summed E-state index contributed by atoms with van der Waals surface area (Å²) >= 11 is 1.22. The Hall–Kier alpha value is -0.660. The minimum Gasteiger partial charge on any atom is -0.395 e. The van der Waals surface area contributed by atoms with E-state index < -0.39 is 21.9 Å². The van der Waals surface area contributed by atoms with Crippen LogP contribution in [0.5, 0.6) is 0 Å². The van der Waals surface area contributed by atoms with Gasteiger partial charge in [0.15, 0.2) is 5.13 Å². The zero-order valence-electron chi connectivity index (χ0n) is 7.89. The van der Waals surface area contributed by atoms with Crippen molar-refractivity contribution in [1.29, 1.82) is 0 Å². The van der Waals surface area contributed by atoms with Crippen molar-refractivity contribution in [1.82, 2.24) is 4.98 Å². The van der Waals surface area contributed by atoms with Crippen LogP contribution in [0.15, 0.2) is 5.38 Å². The Labute approximate surface area is 86.9 Å². The van der Waals surface area contributed by atoms with Gasteiger partial charge in [-0.2, -0.15) is 0 Å². The molecule has 0 saturated carbocycles. The maximum absolute atomic E-state index is 11.4. The van der Waals surface area contributed by atoms with Crippen molar-refractivity contribution in [3.05, 3.63) is 11.1 Å². The van der Waals surface area contributed by atoms with Crippen LogP contribution in [0.3, 0.4) is 0 Å². The number of aliphatic hydroxyl groups is 1. The summed E-state index contributed by atoms with van der Waals surface area (Å²) in [5.74, 6) is 0. The number of nitrogens with zero attached hydrogens (tertiary/aromatic N) is 1. The average Bonchev–Trinajstić information content (AvgIpc) is 2.48. The molecule has 0 aliphatic rings. The topological polar surface area (TPSA) is 79.3 Å². The van der Waals surface area contributed by atoms with Gasteiger partial charge in [0.1, 0.15) is 5.25 Å². The predicted octanol–water partition coefficient (Wildman–Crippen LogP) is 0.574. The Bertz CT molecular complexity index is 399. The highest BCUT2D eigenvalue weighted by Gasteiger charge is 2.20. The minimum atomic E-state index is -3.50. The van der Waals surface area contributed by atoms with E-state index in [2.05, 4.69) is 9.71 Å². The Morgan fingerprint density at radius 1 is 1.71 bits per heavy atom. The average molecular weight is 236 g/mol. The van der Waals surface area contributed by atoms with E-state index in [9.17, 15) is 8.42 Å². The number of hydrogen-bond acceptors (Lipinski definition) is 5. The summed E-state index contributed by atoms with van der Waals surface area (Å²) in [7, 11) is -3.50. The molecule has 0 amide bonds. The van der Waals surface area contributed by atoms with Gasteiger partial charge < -0.3 is 5.11 Å². The van der Waals surface area contributed by atoms with Crippen LogP contribution in [0.4, 0.5) is 5.13 Å². The van der Waals surface area contributed by atoms with E-state index in [-0.39, 0.29) is 0 Å². The summed E-state index contributed by atoms with van der Waals surface area (Å²) in [6, 6.07) is 0. The zero-order chi connectivity index (χ0) is 10.8. The summed E-state index contributed by atoms with van der Waals surface area (Å²) in [4.78, 5) is 3.96. The van der Waals surface area contributed by atoms with Gasteiger partial charge in [-0.15, -0.1) is 11.3 Å². The molecule has 0 fully saturated rings. The number of anilines is 1. The van der Waals surface area contributed by atoms with Crippen molar-refractivity contribution in [2.75, 3.05) is 11.3 Å². The number of hydrogen-bond donors (Lipinski definition) is 2. The molecule has 1 aromatic rings. The lowest BCUT2D eigenvalue weighted by atomic mass is 10.5. The number of nitrogens with one attached hydrogen (secondary N) is 1. The fourth-order valence-electron chi connectivity index (χ4n) is 0.721. The summed E-state index contributed by atoms with van der Waals surface area (Å²) in [5, 5.41) is 9.98. The molecular weight excluding hydrogens is 224 g/mol. The van der Waals surface area contributed by atoms with Crippen molar-refractivity contribution in [2.45, 2.75) is 19.1 Å². The molecule has 0 aliphatic carbocycles. The van der Waals surface area contributed by atoms with E-state index in [1.165, 1.54) is 18.3 Å². The molecule has 1 rings (SSSR count). The summed E-state index contributed by atoms with van der Waals surface area (Å²) in [6.45, 7) is 2.81. The van der Waals surface area contributed by atoms with Crippen molar-refractivity contribution < 1.29 is 13.5 Å². The molecule has 0 bridgehead atoms. The second-order valence-corrected chi connectivity index (χ2v) is 5.89. The molecule has 2 N–H and O–H groups in total. The van der Waals surface area contributed by atoms with Gasteiger partial charge in [-0.25, -0.2) is 13.4 Å². The van der Waals surface area contributed by atoms with Gasteiger partial charge in [0.05, 0.1) is 12.3 Å². The van der Waals surface area contributed by atoms with E-state index in [0.29, 0.717) is 5.13 Å². The van der Waals surface area contributed by atoms with E-state index in [4.69, 9.17) is 5.11 Å². The fourth-order valence-corrected chi connectivity index (χ4v) is 2.48. The Morgan fingerprint density at radius 3 is 2.79 bits per heavy atom. The Morgan fingerprint density at radius 2 is 2.36 bits per heavy atom. The zero-order valence-corrected chi connectivity index (χ0v) is 9.52. The predicted molar refractivity (Wildman–Crippen MR) is 55.9 cm³/mol. The second kappa shape index (κ2) is 4.24. The molecule has 0 spiro atoms. The number of aromatic nitrogens is 1. The normalized spacial score (nSPS) is 13.9. The number of thiazole rings is 1. The summed E-state index contributed by atoms with van der Waals surface area (Å²) in [5.41, 5.74) is 0.768. The number of aliphatic hydroxyl groups excluding tert-OH is 1. The molecule has 7 heteroatoms. The Balaban J connectivity index is 2.78. The van der Waals surface area contributed by atoms with Crippen LogP contribution in [0, 0.1) is 6.92 Å². The molecule has 0 aromatic carbocycles. The van der Waals surface area contributed by atoms with E-state index in [1.54, 1.807) is 12.3 Å². The van der Waals surface area contributed by atoms with E-state index in [0.717, 1.165) is 5.69 Å². The molecule has 0 radical (unpaired) electrons. The van der Waals surface area contributed by atoms with Crippen LogP contribution in [0.25, 0.3) is 0 Å². The highest BCUT2D eigenvalue weighted by Crippen LogP contribution is 2.17. The number of aryl methyl sites for hydroxylation is 1. The lowest BCUT2D eigenvalue weighted by molar-refractivity contribution is 0.296. The van der Waals surface area contributed by atoms with Crippen molar-refractivity contribution in [3.8, 4) is 0 Å². The van der Waals surface area contributed by atoms with Crippen LogP contribution in [-0.4, -0.2) is 30.4 Å². The highest BCUT2D eigenvalue weighted by molar-refractivity contribution is 7.93. The second-order valence-electron chi connectivity index (χ2n) is 2.93. The maximum atomic E-state index is 11.4. The van der Waals surface area contributed by atoms with Crippen LogP contribution >= 0.6 is 11.3 Å². The number of sulfonamides is 1. The van der Waals surface area contributed by atoms with E-state index in [1.807, 2.05) is 0 Å². The lowest BCUT2D eigenvalue weighted by Gasteiger charge is -2.09. The third kappa shape index (κ3) is 2.66. The van der Waals surface area contributed by atoms with Gasteiger partial charge in [0.2, 0.25) is 10.0 Å². The van der Waals surface area contributed by atoms with E-state index >= 15 is 0 Å². The van der Waals surface area contributed by atoms with Gasteiger partial charge >= 0.3 is 0 Å². The monoisotopic (exact) mass is 236 g/mol. The quantitative estimate of drug-likeness (QED) is 0.801. The third-order valence-corrected chi connectivity index (χ3v) is 4.33. The number of rotatable bonds is 4. The molecule has 1 unspecified atom stereocenters. The van der Waals surface area contributed by atoms with Crippen LogP contribution in [0.1, 0.15) is 12.6 Å². The first-order valence-electron chi connectivity index (χ1n) is 4.00. The van der Waals surface area contributed by atoms with Gasteiger partial charge in [-0.3, -0.25) is 4.72 Å². The van der Waals surface area contributed by atoms with Crippen LogP contribution in [-0.2, 0) is 10.0 Å². The van der Waals surface area contributed by atoms with Gasteiger partial charge in [-0.05, 0) is 13.8 Å². The Kier molecular flexibility index (Phi) is 3.46. The molecule has 1 atom stereocenters. The third-order valence-electron chi connectivity index (χ3n) is 1.64. The maximum Gasteiger partial charge on any atom is 0.239 e. The van der Waals surface area contributed by atoms with Crippen LogP contribution < -0.4 is 4.72 Å². The molecule has 0 saturated heterocycles. The fraction of sp³-hybridized carbons (Fsp3) is 0.571. The molecular formula is C7H12N2O3S2. The molecule has 1 aromatic heterocycles. The molecule has 0 aliphatic heterocycles. The lowest BCUT2D eigenvalue weighted by Crippen LogP contribution is -2.28. The van der Waals surface area contributed by atoms with Crippen LogP contribution in [0.2, 0.25) is 0 Å². The molecule has 1 heterocycles. The van der Waals surface area contributed by atoms with Crippen molar-refractivity contribution >= 4 is 26.5 Å². The molecule has 80 valence electrons. The highest BCUT2D eigenvalue weighted by atomic mass is 32.2.